The van der Waals surface area contributed by atoms with Gasteiger partial charge in [-0.25, -0.2) is 0 Å². The molecule has 0 bridgehead atoms. The molecule has 3 unspecified atom stereocenters. The SMILES string of the molecule is CC(C)(Cc1ccc(O)c(CC(C)(C)OC2(C)CCCCC2(C)C)c1CC(C)(C)OC1(C)CCCCC1(C)C)OC1(C)CCCCC1(C)C. The highest BCUT2D eigenvalue weighted by molar-refractivity contribution is 5.47. The molecule has 3 aliphatic carbocycles. The summed E-state index contributed by atoms with van der Waals surface area (Å²) in [5.74, 6) is 0.364. The van der Waals surface area contributed by atoms with E-state index in [0.29, 0.717) is 12.2 Å². The summed E-state index contributed by atoms with van der Waals surface area (Å²) >= 11 is 0. The van der Waals surface area contributed by atoms with Crippen molar-refractivity contribution in [1.29, 1.82) is 0 Å². The topological polar surface area (TPSA) is 47.9 Å². The monoisotopic (exact) mass is 683 g/mol. The zero-order chi connectivity index (χ0) is 37.0. The molecule has 0 heterocycles. The minimum absolute atomic E-state index is 0.0949. The van der Waals surface area contributed by atoms with E-state index in [9.17, 15) is 5.11 Å². The fraction of sp³-hybridized carbons (Fsp3) is 0.867. The number of phenols is 1. The summed E-state index contributed by atoms with van der Waals surface area (Å²) in [6.07, 6.45) is 16.3. The second kappa shape index (κ2) is 13.7. The van der Waals surface area contributed by atoms with Crippen LogP contribution >= 0.6 is 0 Å². The van der Waals surface area contributed by atoms with Crippen molar-refractivity contribution < 1.29 is 19.3 Å². The highest BCUT2D eigenvalue weighted by Gasteiger charge is 2.50. The third-order valence-electron chi connectivity index (χ3n) is 14.2. The third-order valence-corrected chi connectivity index (χ3v) is 14.2. The normalized spacial score (nSPS) is 30.7. The lowest BCUT2D eigenvalue weighted by atomic mass is 9.65. The van der Waals surface area contributed by atoms with E-state index in [0.717, 1.165) is 37.7 Å². The first kappa shape index (κ1) is 40.7. The third kappa shape index (κ3) is 8.93. The summed E-state index contributed by atoms with van der Waals surface area (Å²) in [5, 5.41) is 11.7. The van der Waals surface area contributed by atoms with Gasteiger partial charge in [0.2, 0.25) is 0 Å². The highest BCUT2D eigenvalue weighted by Crippen LogP contribution is 2.51. The predicted molar refractivity (Wildman–Crippen MR) is 207 cm³/mol. The molecule has 282 valence electrons. The fourth-order valence-corrected chi connectivity index (χ4v) is 10.0. The quantitative estimate of drug-likeness (QED) is 0.238. The molecule has 0 aliphatic heterocycles. The van der Waals surface area contributed by atoms with Crippen LogP contribution in [0.3, 0.4) is 0 Å². The van der Waals surface area contributed by atoms with Crippen molar-refractivity contribution in [3.63, 3.8) is 0 Å². The number of benzene rings is 1. The molecule has 0 spiro atoms. The van der Waals surface area contributed by atoms with Gasteiger partial charge in [-0.2, -0.15) is 0 Å². The Bertz CT molecular complexity index is 1300. The van der Waals surface area contributed by atoms with Crippen LogP contribution in [0.25, 0.3) is 0 Å². The van der Waals surface area contributed by atoms with Crippen LogP contribution in [-0.2, 0) is 33.5 Å². The summed E-state index contributed by atoms with van der Waals surface area (Å²) in [5.41, 5.74) is 1.86. The standard InChI is InChI=1S/C45H78O4/c1-37(2)24-16-19-27-43(37,13)47-40(7,8)30-33-22-23-36(46)35(32-42(11,12)49-45(15)29-21-18-26-39(45,5)6)34(33)31-41(9,10)48-44(14)28-20-17-25-38(44,3)4/h22-23,46H,16-21,24-32H2,1-15H3. The van der Waals surface area contributed by atoms with E-state index in [4.69, 9.17) is 14.2 Å². The zero-order valence-corrected chi connectivity index (χ0v) is 34.9. The zero-order valence-electron chi connectivity index (χ0n) is 34.9. The van der Waals surface area contributed by atoms with E-state index in [1.165, 1.54) is 68.9 Å². The van der Waals surface area contributed by atoms with Crippen molar-refractivity contribution in [3.8, 4) is 5.75 Å². The molecule has 0 radical (unpaired) electrons. The van der Waals surface area contributed by atoms with Gasteiger partial charge >= 0.3 is 0 Å². The van der Waals surface area contributed by atoms with E-state index in [1.807, 2.05) is 6.07 Å². The molecule has 49 heavy (non-hydrogen) atoms. The van der Waals surface area contributed by atoms with Crippen LogP contribution in [0.1, 0.15) is 198 Å². The number of hydrogen-bond donors (Lipinski definition) is 1. The Hall–Kier alpha value is -1.10. The average Bonchev–Trinajstić information content (AvgIpc) is 2.92. The van der Waals surface area contributed by atoms with Crippen LogP contribution in [0.4, 0.5) is 0 Å². The van der Waals surface area contributed by atoms with E-state index >= 15 is 0 Å². The molecule has 0 saturated heterocycles. The van der Waals surface area contributed by atoms with Crippen LogP contribution in [0.15, 0.2) is 12.1 Å². The Morgan fingerprint density at radius 3 is 1.12 bits per heavy atom. The lowest BCUT2D eigenvalue weighted by molar-refractivity contribution is -0.201. The van der Waals surface area contributed by atoms with Gasteiger partial charge in [-0.3, -0.25) is 0 Å². The van der Waals surface area contributed by atoms with Crippen molar-refractivity contribution in [2.75, 3.05) is 0 Å². The van der Waals surface area contributed by atoms with E-state index in [-0.39, 0.29) is 38.6 Å². The predicted octanol–water partition coefficient (Wildman–Crippen LogP) is 12.5. The Morgan fingerprint density at radius 2 is 0.776 bits per heavy atom. The Morgan fingerprint density at radius 1 is 0.469 bits per heavy atom. The number of rotatable bonds is 12. The van der Waals surface area contributed by atoms with Crippen molar-refractivity contribution in [1.82, 2.24) is 0 Å². The molecule has 3 fully saturated rings. The second-order valence-electron chi connectivity index (χ2n) is 21.3. The second-order valence-corrected chi connectivity index (χ2v) is 21.3. The van der Waals surface area contributed by atoms with Gasteiger partial charge < -0.3 is 19.3 Å². The highest BCUT2D eigenvalue weighted by atomic mass is 16.5. The van der Waals surface area contributed by atoms with Crippen LogP contribution in [0.2, 0.25) is 0 Å². The Kier molecular flexibility index (Phi) is 11.4. The minimum Gasteiger partial charge on any atom is -0.508 e. The lowest BCUT2D eigenvalue weighted by Gasteiger charge is -2.52. The van der Waals surface area contributed by atoms with E-state index < -0.39 is 11.2 Å². The van der Waals surface area contributed by atoms with Gasteiger partial charge in [0.05, 0.1) is 33.6 Å². The number of hydrogen-bond acceptors (Lipinski definition) is 4. The maximum atomic E-state index is 11.7. The summed E-state index contributed by atoms with van der Waals surface area (Å²) < 4.78 is 21.7. The van der Waals surface area contributed by atoms with Gasteiger partial charge in [0.1, 0.15) is 5.75 Å². The van der Waals surface area contributed by atoms with Crippen LogP contribution < -0.4 is 0 Å². The molecule has 3 atom stereocenters. The average molecular weight is 683 g/mol. The summed E-state index contributed by atoms with van der Waals surface area (Å²) in [4.78, 5) is 0. The summed E-state index contributed by atoms with van der Waals surface area (Å²) in [6.45, 7) is 34.8. The van der Waals surface area contributed by atoms with Crippen LogP contribution in [0.5, 0.6) is 5.75 Å². The smallest absolute Gasteiger partial charge is 0.119 e. The first-order valence-corrected chi connectivity index (χ1v) is 20.1. The molecule has 4 heteroatoms. The number of aromatic hydroxyl groups is 1. The molecular weight excluding hydrogens is 604 g/mol. The van der Waals surface area contributed by atoms with Gasteiger partial charge in [-0.05, 0) is 134 Å². The molecule has 0 amide bonds. The molecule has 1 aromatic carbocycles. The van der Waals surface area contributed by atoms with Crippen molar-refractivity contribution in [2.45, 2.75) is 234 Å². The maximum Gasteiger partial charge on any atom is 0.119 e. The summed E-state index contributed by atoms with van der Waals surface area (Å²) in [6, 6.07) is 4.09. The first-order valence-electron chi connectivity index (χ1n) is 20.1. The fourth-order valence-electron chi connectivity index (χ4n) is 10.0. The number of phenolic OH excluding ortho intramolecular Hbond substituents is 1. The van der Waals surface area contributed by atoms with Crippen molar-refractivity contribution in [3.05, 3.63) is 28.8 Å². The van der Waals surface area contributed by atoms with Crippen LogP contribution in [-0.4, -0.2) is 38.7 Å². The molecule has 1 N–H and O–H groups in total. The van der Waals surface area contributed by atoms with Gasteiger partial charge in [0.25, 0.3) is 0 Å². The van der Waals surface area contributed by atoms with Gasteiger partial charge in [0, 0.05) is 24.8 Å². The number of ether oxygens (including phenoxy) is 3. The largest absolute Gasteiger partial charge is 0.508 e. The maximum absolute atomic E-state index is 11.7. The molecule has 4 nitrogen and oxygen atoms in total. The van der Waals surface area contributed by atoms with Crippen LogP contribution in [0, 0.1) is 16.2 Å². The van der Waals surface area contributed by atoms with E-state index in [1.54, 1.807) is 0 Å². The lowest BCUT2D eigenvalue weighted by Crippen LogP contribution is -2.52. The van der Waals surface area contributed by atoms with Gasteiger partial charge in [-0.15, -0.1) is 0 Å². The van der Waals surface area contributed by atoms with Gasteiger partial charge in [0.15, 0.2) is 0 Å². The molecule has 0 aromatic heterocycles. The molecule has 3 saturated carbocycles. The molecular formula is C45H78O4. The Balaban J connectivity index is 1.74. The molecule has 1 aromatic rings. The minimum atomic E-state index is -0.470. The van der Waals surface area contributed by atoms with E-state index in [2.05, 4.69) is 110 Å². The first-order chi connectivity index (χ1) is 22.2. The van der Waals surface area contributed by atoms with Crippen molar-refractivity contribution >= 4 is 0 Å². The molecule has 3 aliphatic rings. The Labute approximate surface area is 303 Å². The molecule has 4 rings (SSSR count). The van der Waals surface area contributed by atoms with Gasteiger partial charge in [-0.1, -0.05) is 86.1 Å². The summed E-state index contributed by atoms with van der Waals surface area (Å²) in [7, 11) is 0. The van der Waals surface area contributed by atoms with Crippen molar-refractivity contribution in [2.24, 2.45) is 16.2 Å².